The number of likely N-dealkylation sites (N-methyl/N-ethyl adjacent to an activating group) is 4. The van der Waals surface area contributed by atoms with Crippen molar-refractivity contribution in [3.63, 3.8) is 0 Å². The first-order chi connectivity index (χ1) is 71.0. The van der Waals surface area contributed by atoms with Crippen molar-refractivity contribution in [3.05, 3.63) is 368 Å². The third kappa shape index (κ3) is 20.2. The smallest absolute Gasteiger partial charge is 0.267 e. The molecule has 2 saturated carbocycles. The summed E-state index contributed by atoms with van der Waals surface area (Å²) in [5.41, 5.74) is 34.5. The standard InChI is InChI=1S/C26H25ClN4O3.C26H30ClN3O.C23H22N4O.C21H17N3O3S.C20H21N3O3/c1-26(24(33)31(2)25(28)30-26)18-8-6-7-16(13-18)21-14-19(27)12-11-17(21)15-29-23(32)20-9-4-5-10-22(20)34-3;27-23-9-4-7-20(17-23)19-6-3-8-22(16-19)26(21-10-11-21)18-24(28)30(25(26)31)15-5-14-29-12-1-2-13-29;1-27-21(28)23(26-22(27)24,19-7-3-2-4-8-19)20-9-5-6-18(16-20)11-10-17-12-14-25-15-13-17;1-24-19(25)21(23-20(24)22,14-5-3-2-4-6-14)18-10-9-17(28-18)13-7-8-15-16(11-13)27-12-26-15;1-23-18(25)20(14-7-8-14,22-19(23)21)15-5-3-4-12(10-15)13-6-9-16(24)17(11-13)26-2/h4-14H,15H2,1-3H3,(H2,28,30)(H,29,32);3-4,6-9,16-17,21,28H,1-2,5,10-15,18H2;2-9,12-16H,10-11H2,1H3,(H2,24,26);2-11H,12H2,1H3,(H2,22,23);3-6,9-11,14,24H,7-8H2,1-2H3,(H2,21,22)/t;;;;20-/m....1/s1. The Labute approximate surface area is 867 Å². The van der Waals surface area contributed by atoms with E-state index in [0.717, 1.165) is 151 Å². The highest BCUT2D eigenvalue weighted by atomic mass is 35.5. The van der Waals surface area contributed by atoms with Gasteiger partial charge in [0.1, 0.15) is 11.6 Å². The molecule has 2 aliphatic carbocycles. The van der Waals surface area contributed by atoms with Crippen LogP contribution in [0.4, 0.5) is 0 Å². The molecule has 6 amide bonds. The Morgan fingerprint density at radius 1 is 0.483 bits per heavy atom. The maximum Gasteiger partial charge on any atom is 0.267 e. The van der Waals surface area contributed by atoms with Gasteiger partial charge >= 0.3 is 0 Å². The lowest BCUT2D eigenvalue weighted by Gasteiger charge is -2.28. The summed E-state index contributed by atoms with van der Waals surface area (Å²) < 4.78 is 21.4. The molecule has 4 unspecified atom stereocenters. The van der Waals surface area contributed by atoms with E-state index in [1.165, 1.54) is 76.7 Å². The summed E-state index contributed by atoms with van der Waals surface area (Å²) in [5, 5.41) is 22.7. The fraction of sp³-hybridized carbons (Fsp3) is 0.259. The Hall–Kier alpha value is -15.8. The number of nitrogens with two attached hydrogens (primary N) is 4. The van der Waals surface area contributed by atoms with E-state index in [-0.39, 0.29) is 84.3 Å². The molecule has 0 bridgehead atoms. The molecule has 7 aliphatic heterocycles. The van der Waals surface area contributed by atoms with Crippen molar-refractivity contribution in [2.75, 3.05) is 75.4 Å². The number of aliphatic imine (C=N–C) groups is 4. The zero-order chi connectivity index (χ0) is 103. The number of methoxy groups -OCH3 is 2. The van der Waals surface area contributed by atoms with Crippen molar-refractivity contribution in [2.24, 2.45) is 54.7 Å². The van der Waals surface area contributed by atoms with Crippen LogP contribution in [0.15, 0.2) is 317 Å². The first-order valence-corrected chi connectivity index (χ1v) is 50.5. The third-order valence-electron chi connectivity index (χ3n) is 28.8. The van der Waals surface area contributed by atoms with Gasteiger partial charge in [0.15, 0.2) is 63.5 Å². The maximum absolute atomic E-state index is 13.8. The summed E-state index contributed by atoms with van der Waals surface area (Å²) in [7, 11) is 9.64. The van der Waals surface area contributed by atoms with Gasteiger partial charge in [0.25, 0.3) is 29.5 Å². The summed E-state index contributed by atoms with van der Waals surface area (Å²) in [6.45, 7) is 6.30. The van der Waals surface area contributed by atoms with E-state index in [1.54, 1.807) is 88.8 Å². The number of carbonyl (C=O) groups excluding carboxylic acids is 6. The van der Waals surface area contributed by atoms with E-state index >= 15 is 0 Å². The molecule has 11 N–H and O–H groups in total. The number of rotatable bonds is 25. The molecule has 0 spiro atoms. The van der Waals surface area contributed by atoms with Crippen molar-refractivity contribution < 1.29 is 52.8 Å². The zero-order valence-electron chi connectivity index (χ0n) is 82.7. The number of thiophene rings is 1. The lowest BCUT2D eigenvalue weighted by atomic mass is 9.74. The topological polar surface area (TPSA) is 381 Å². The molecule has 2 saturated heterocycles. The summed E-state index contributed by atoms with van der Waals surface area (Å²) >= 11 is 14.1. The number of pyridine rings is 1. The van der Waals surface area contributed by atoms with Gasteiger partial charge in [0.2, 0.25) is 18.2 Å². The Balaban J connectivity index is 0.000000121. The lowest BCUT2D eigenvalue weighted by Crippen LogP contribution is -2.41. The fourth-order valence-electron chi connectivity index (χ4n) is 20.4. The predicted octanol–water partition coefficient (Wildman–Crippen LogP) is 17.8. The van der Waals surface area contributed by atoms with Crippen LogP contribution < -0.4 is 47.2 Å². The number of nitrogens with zero attached hydrogens (tertiary/aromatic N) is 11. The molecule has 9 aliphatic rings. The largest absolute Gasteiger partial charge is 0.504 e. The number of amidine groups is 1. The Morgan fingerprint density at radius 2 is 1.03 bits per heavy atom. The molecule has 9 heterocycles. The summed E-state index contributed by atoms with van der Waals surface area (Å²) in [6, 6.07) is 90.4. The highest BCUT2D eigenvalue weighted by molar-refractivity contribution is 7.15. The van der Waals surface area contributed by atoms with Crippen molar-refractivity contribution in [2.45, 2.75) is 105 Å². The first-order valence-electron chi connectivity index (χ1n) is 48.9. The van der Waals surface area contributed by atoms with Gasteiger partial charge in [0, 0.05) is 79.9 Å². The van der Waals surface area contributed by atoms with E-state index in [2.05, 4.69) is 71.6 Å². The predicted molar refractivity (Wildman–Crippen MR) is 575 cm³/mol. The minimum Gasteiger partial charge on any atom is -0.504 e. The average Bonchev–Trinajstić information content (AvgIpc) is 1.54. The second-order valence-corrected chi connectivity index (χ2v) is 39.9. The molecule has 2 aromatic heterocycles. The average molecular weight is 2030 g/mol. The SMILES string of the molecule is CN1C(=O)C(c2ccccc2)(c2ccc(-c3ccc4c(c3)OCO4)s2)N=C1N.CN1C(=O)C(c2ccccc2)(c2cccc(CCc3ccncc3)c2)N=C1N.COc1cc(-c2cccc([C@@]3(C4CC4)N=C(N)N(C)C3=O)c2)ccc1O.COc1ccccc1C(=O)NCc1ccc(Cl)cc1-c1cccc(C2(C)N=C(N)N(C)C2=O)c1.N=C1CC(c2cccc(-c3cccc(Cl)c3)c2)(C2CC2)C(=O)N1CCCN1CCCC1. The quantitative estimate of drug-likeness (QED) is 0.0279. The molecule has 28 nitrogen and oxygen atoms in total. The van der Waals surface area contributed by atoms with Gasteiger partial charge in [-0.05, 0) is 288 Å². The van der Waals surface area contributed by atoms with Crippen molar-refractivity contribution in [3.8, 4) is 72.6 Å². The maximum atomic E-state index is 13.8. The Morgan fingerprint density at radius 3 is 1.67 bits per heavy atom. The number of hydrogen-bond donors (Lipinski definition) is 7. The third-order valence-corrected chi connectivity index (χ3v) is 30.5. The monoisotopic (exact) mass is 2020 g/mol. The number of likely N-dealkylation sites (tertiary alicyclic amines) is 2. The number of nitrogens with one attached hydrogen (secondary N) is 2. The minimum absolute atomic E-state index is 0.0714. The molecular weight excluding hydrogens is 1910 g/mol. The van der Waals surface area contributed by atoms with E-state index in [4.69, 9.17) is 70.5 Å². The van der Waals surface area contributed by atoms with E-state index < -0.39 is 27.6 Å². The second-order valence-electron chi connectivity index (χ2n) is 37.9. The van der Waals surface area contributed by atoms with Gasteiger partial charge in [-0.25, -0.2) is 20.0 Å². The Bertz CT molecular complexity index is 7340. The zero-order valence-corrected chi connectivity index (χ0v) is 85.0. The van der Waals surface area contributed by atoms with E-state index in [0.29, 0.717) is 57.4 Å². The number of guanidine groups is 4. The number of aryl methyl sites for hydroxylation is 2. The summed E-state index contributed by atoms with van der Waals surface area (Å²) in [5.74, 6) is 3.71. The highest BCUT2D eigenvalue weighted by Crippen LogP contribution is 2.56. The number of benzene rings is 11. The number of fused-ring (bicyclic) bond motifs is 1. The molecule has 750 valence electrons. The number of halogens is 2. The molecule has 4 fully saturated rings. The Kier molecular flexibility index (Phi) is 29.5. The van der Waals surface area contributed by atoms with Crippen LogP contribution in [0.25, 0.3) is 43.8 Å². The van der Waals surface area contributed by atoms with Crippen LogP contribution in [-0.4, -0.2) is 180 Å². The molecule has 22 rings (SSSR count). The normalized spacial score (nSPS) is 20.7. The van der Waals surface area contributed by atoms with Gasteiger partial charge in [0.05, 0.1) is 25.2 Å². The number of amides is 6. The van der Waals surface area contributed by atoms with Crippen LogP contribution in [-0.2, 0) is 70.9 Å². The number of phenols is 1. The molecule has 147 heavy (non-hydrogen) atoms. The van der Waals surface area contributed by atoms with Gasteiger partial charge < -0.3 is 57.2 Å². The number of hydrogen-bond acceptors (Lipinski definition) is 23. The van der Waals surface area contributed by atoms with Crippen LogP contribution in [0.3, 0.4) is 0 Å². The minimum atomic E-state index is -1.15. The van der Waals surface area contributed by atoms with Gasteiger partial charge in [-0.2, -0.15) is 0 Å². The van der Waals surface area contributed by atoms with E-state index in [9.17, 15) is 33.9 Å². The number of carbonyl (C=O) groups is 6. The first kappa shape index (κ1) is 101. The molecule has 13 aromatic rings. The summed E-state index contributed by atoms with van der Waals surface area (Å²) in [4.78, 5) is 113. The molecule has 0 radical (unpaired) electrons. The summed E-state index contributed by atoms with van der Waals surface area (Å²) in [6.07, 6.45) is 13.5. The molecular formula is C116H115Cl2N17O11S. The van der Waals surface area contributed by atoms with Crippen LogP contribution >= 0.6 is 34.5 Å². The van der Waals surface area contributed by atoms with Gasteiger partial charge in [-0.3, -0.25) is 63.7 Å². The van der Waals surface area contributed by atoms with Crippen LogP contribution in [0.2, 0.25) is 10.0 Å². The lowest BCUT2D eigenvalue weighted by molar-refractivity contribution is -0.132. The van der Waals surface area contributed by atoms with Crippen molar-refractivity contribution in [1.29, 1.82) is 5.41 Å². The van der Waals surface area contributed by atoms with Gasteiger partial charge in [-0.15, -0.1) is 11.3 Å². The second kappa shape index (κ2) is 42.8. The highest BCUT2D eigenvalue weighted by Gasteiger charge is 2.60. The van der Waals surface area contributed by atoms with Crippen LogP contribution in [0.1, 0.15) is 124 Å². The van der Waals surface area contributed by atoms with Crippen LogP contribution in [0, 0.1) is 17.2 Å². The number of aromatic hydroxyl groups is 1. The number of phenolic OH excluding ortho intramolecular Hbond substituents is 1. The molecule has 31 heteroatoms. The molecule has 5 atom stereocenters. The number of aromatic nitrogens is 1. The molecule has 11 aromatic carbocycles. The fourth-order valence-corrected chi connectivity index (χ4v) is 21.9. The van der Waals surface area contributed by atoms with Crippen LogP contribution in [0.5, 0.6) is 28.7 Å². The number of para-hydroxylation sites is 1. The van der Waals surface area contributed by atoms with Crippen molar-refractivity contribution in [1.82, 2.24) is 39.7 Å². The van der Waals surface area contributed by atoms with Crippen molar-refractivity contribution >= 4 is 99.7 Å². The van der Waals surface area contributed by atoms with Gasteiger partial charge in [-0.1, -0.05) is 205 Å². The van der Waals surface area contributed by atoms with E-state index in [1.807, 2.05) is 212 Å². The number of ether oxygens (including phenoxy) is 4.